The van der Waals surface area contributed by atoms with E-state index in [2.05, 4.69) is 5.32 Å². The molecular weight excluding hydrogens is 266 g/mol. The van der Waals surface area contributed by atoms with Gasteiger partial charge < -0.3 is 20.4 Å². The van der Waals surface area contributed by atoms with E-state index >= 15 is 0 Å². The minimum absolute atomic E-state index is 0.0885. The number of urea groups is 1. The lowest BCUT2D eigenvalue weighted by atomic mass is 10.2. The molecule has 1 heterocycles. The van der Waals surface area contributed by atoms with E-state index in [1.165, 1.54) is 0 Å². The summed E-state index contributed by atoms with van der Waals surface area (Å²) in [6.45, 7) is 1.01. The molecule has 0 radical (unpaired) electrons. The van der Waals surface area contributed by atoms with Crippen LogP contribution in [-0.2, 0) is 13.1 Å². The maximum atomic E-state index is 12.4. The first-order chi connectivity index (χ1) is 10.3. The maximum absolute atomic E-state index is 12.4. The van der Waals surface area contributed by atoms with Gasteiger partial charge in [0.1, 0.15) is 5.76 Å². The van der Waals surface area contributed by atoms with Crippen LogP contribution >= 0.6 is 0 Å². The van der Waals surface area contributed by atoms with Crippen LogP contribution in [0.25, 0.3) is 0 Å². The van der Waals surface area contributed by atoms with Gasteiger partial charge in [-0.25, -0.2) is 4.79 Å². The van der Waals surface area contributed by atoms with Crippen LogP contribution in [0.1, 0.15) is 24.2 Å². The number of furan rings is 1. The highest BCUT2D eigenvalue weighted by Gasteiger charge is 2.33. The van der Waals surface area contributed by atoms with Gasteiger partial charge in [0.25, 0.3) is 0 Å². The van der Waals surface area contributed by atoms with Crippen molar-refractivity contribution in [3.05, 3.63) is 54.0 Å². The Labute approximate surface area is 123 Å². The number of rotatable bonds is 5. The van der Waals surface area contributed by atoms with Gasteiger partial charge >= 0.3 is 6.03 Å². The van der Waals surface area contributed by atoms with Crippen molar-refractivity contribution >= 4 is 11.7 Å². The minimum atomic E-state index is -0.0885. The SMILES string of the molecule is NCc1ccc(NC(=O)N(Cc2ccco2)C2CC2)cc1. The van der Waals surface area contributed by atoms with Crippen LogP contribution in [0.2, 0.25) is 0 Å². The molecule has 110 valence electrons. The van der Waals surface area contributed by atoms with Crippen molar-refractivity contribution in [1.82, 2.24) is 4.90 Å². The van der Waals surface area contributed by atoms with Crippen LogP contribution in [0.3, 0.4) is 0 Å². The summed E-state index contributed by atoms with van der Waals surface area (Å²) < 4.78 is 5.34. The molecule has 5 nitrogen and oxygen atoms in total. The number of nitrogens with zero attached hydrogens (tertiary/aromatic N) is 1. The van der Waals surface area contributed by atoms with Crippen molar-refractivity contribution < 1.29 is 9.21 Å². The van der Waals surface area contributed by atoms with Gasteiger partial charge in [0, 0.05) is 18.3 Å². The Morgan fingerprint density at radius 1 is 1.29 bits per heavy atom. The Morgan fingerprint density at radius 2 is 2.05 bits per heavy atom. The van der Waals surface area contributed by atoms with Gasteiger partial charge in [-0.1, -0.05) is 12.1 Å². The highest BCUT2D eigenvalue weighted by Crippen LogP contribution is 2.29. The van der Waals surface area contributed by atoms with Crippen molar-refractivity contribution in [2.75, 3.05) is 5.32 Å². The predicted molar refractivity (Wildman–Crippen MR) is 80.6 cm³/mol. The van der Waals surface area contributed by atoms with Crippen molar-refractivity contribution in [3.8, 4) is 0 Å². The van der Waals surface area contributed by atoms with Gasteiger partial charge in [-0.05, 0) is 42.7 Å². The second kappa shape index (κ2) is 6.01. The van der Waals surface area contributed by atoms with Crippen molar-refractivity contribution in [2.45, 2.75) is 32.0 Å². The molecule has 21 heavy (non-hydrogen) atoms. The molecule has 5 heteroatoms. The standard InChI is InChI=1S/C16H19N3O2/c17-10-12-3-5-13(6-4-12)18-16(20)19(14-7-8-14)11-15-2-1-9-21-15/h1-6,9,14H,7-8,10-11,17H2,(H,18,20). The summed E-state index contributed by atoms with van der Waals surface area (Å²) in [7, 11) is 0. The average Bonchev–Trinajstić information content (AvgIpc) is 3.21. The number of carbonyl (C=O) groups excluding carboxylic acids is 1. The van der Waals surface area contributed by atoms with E-state index in [0.717, 1.165) is 29.9 Å². The van der Waals surface area contributed by atoms with Gasteiger partial charge in [-0.2, -0.15) is 0 Å². The molecule has 0 atom stereocenters. The molecule has 0 unspecified atom stereocenters. The molecule has 1 aliphatic carbocycles. The first kappa shape index (κ1) is 13.7. The van der Waals surface area contributed by atoms with Gasteiger partial charge in [0.05, 0.1) is 12.8 Å². The van der Waals surface area contributed by atoms with E-state index in [1.54, 1.807) is 6.26 Å². The zero-order chi connectivity index (χ0) is 14.7. The third-order valence-corrected chi connectivity index (χ3v) is 3.60. The molecule has 3 rings (SSSR count). The monoisotopic (exact) mass is 285 g/mol. The van der Waals surface area contributed by atoms with E-state index in [4.69, 9.17) is 10.2 Å². The summed E-state index contributed by atoms with van der Waals surface area (Å²) in [4.78, 5) is 14.3. The molecule has 2 aromatic rings. The van der Waals surface area contributed by atoms with Crippen LogP contribution in [-0.4, -0.2) is 17.0 Å². The topological polar surface area (TPSA) is 71.5 Å². The summed E-state index contributed by atoms with van der Waals surface area (Å²) in [6.07, 6.45) is 3.74. The number of hydrogen-bond acceptors (Lipinski definition) is 3. The van der Waals surface area contributed by atoms with Crippen LogP contribution in [0, 0.1) is 0 Å². The number of amides is 2. The quantitative estimate of drug-likeness (QED) is 0.887. The van der Waals surface area contributed by atoms with E-state index in [1.807, 2.05) is 41.3 Å². The predicted octanol–water partition coefficient (Wildman–Crippen LogP) is 2.93. The number of carbonyl (C=O) groups is 1. The Morgan fingerprint density at radius 3 is 2.62 bits per heavy atom. The third kappa shape index (κ3) is 3.44. The number of hydrogen-bond donors (Lipinski definition) is 2. The summed E-state index contributed by atoms with van der Waals surface area (Å²) in [5.74, 6) is 0.801. The van der Waals surface area contributed by atoms with Crippen LogP contribution < -0.4 is 11.1 Å². The van der Waals surface area contributed by atoms with Gasteiger partial charge in [0.2, 0.25) is 0 Å². The molecule has 1 saturated carbocycles. The third-order valence-electron chi connectivity index (χ3n) is 3.60. The van der Waals surface area contributed by atoms with Crippen LogP contribution in [0.5, 0.6) is 0 Å². The lowest BCUT2D eigenvalue weighted by Gasteiger charge is -2.21. The lowest BCUT2D eigenvalue weighted by molar-refractivity contribution is 0.201. The van der Waals surface area contributed by atoms with Gasteiger partial charge in [-0.15, -0.1) is 0 Å². The summed E-state index contributed by atoms with van der Waals surface area (Å²) in [5.41, 5.74) is 7.39. The maximum Gasteiger partial charge on any atom is 0.322 e. The normalized spacial score (nSPS) is 14.0. The highest BCUT2D eigenvalue weighted by molar-refractivity contribution is 5.89. The molecule has 0 spiro atoms. The van der Waals surface area contributed by atoms with Crippen molar-refractivity contribution in [3.63, 3.8) is 0 Å². The molecule has 1 aromatic heterocycles. The number of nitrogens with one attached hydrogen (secondary N) is 1. The molecule has 1 aliphatic rings. The van der Waals surface area contributed by atoms with Crippen LogP contribution in [0.15, 0.2) is 47.1 Å². The fourth-order valence-electron chi connectivity index (χ4n) is 2.24. The molecule has 3 N–H and O–H groups in total. The van der Waals surface area contributed by atoms with E-state index < -0.39 is 0 Å². The molecule has 0 aliphatic heterocycles. The second-order valence-corrected chi connectivity index (χ2v) is 5.27. The van der Waals surface area contributed by atoms with Crippen molar-refractivity contribution in [2.24, 2.45) is 5.73 Å². The summed E-state index contributed by atoms with van der Waals surface area (Å²) >= 11 is 0. The van der Waals surface area contributed by atoms with E-state index in [-0.39, 0.29) is 6.03 Å². The summed E-state index contributed by atoms with van der Waals surface area (Å²) in [5, 5.41) is 2.93. The fraction of sp³-hybridized carbons (Fsp3) is 0.312. The first-order valence-corrected chi connectivity index (χ1v) is 7.15. The Bertz CT molecular complexity index is 588. The van der Waals surface area contributed by atoms with Crippen LogP contribution in [0.4, 0.5) is 10.5 Å². The molecule has 0 saturated heterocycles. The Kier molecular flexibility index (Phi) is 3.92. The minimum Gasteiger partial charge on any atom is -0.467 e. The Hall–Kier alpha value is -2.27. The second-order valence-electron chi connectivity index (χ2n) is 5.27. The number of nitrogens with two attached hydrogens (primary N) is 1. The fourth-order valence-corrected chi connectivity index (χ4v) is 2.24. The molecule has 0 bridgehead atoms. The zero-order valence-electron chi connectivity index (χ0n) is 11.8. The molecule has 1 aromatic carbocycles. The number of anilines is 1. The van der Waals surface area contributed by atoms with E-state index in [9.17, 15) is 4.79 Å². The molecule has 2 amide bonds. The number of benzene rings is 1. The first-order valence-electron chi connectivity index (χ1n) is 7.15. The lowest BCUT2D eigenvalue weighted by Crippen LogP contribution is -2.36. The van der Waals surface area contributed by atoms with E-state index in [0.29, 0.717) is 19.1 Å². The largest absolute Gasteiger partial charge is 0.467 e. The highest BCUT2D eigenvalue weighted by atomic mass is 16.3. The summed E-state index contributed by atoms with van der Waals surface area (Å²) in [6, 6.07) is 11.5. The Balaban J connectivity index is 1.66. The average molecular weight is 285 g/mol. The van der Waals surface area contributed by atoms with Gasteiger partial charge in [0.15, 0.2) is 0 Å². The van der Waals surface area contributed by atoms with Gasteiger partial charge in [-0.3, -0.25) is 0 Å². The smallest absolute Gasteiger partial charge is 0.322 e. The van der Waals surface area contributed by atoms with Crippen molar-refractivity contribution in [1.29, 1.82) is 0 Å². The molecular formula is C16H19N3O2. The molecule has 1 fully saturated rings. The zero-order valence-corrected chi connectivity index (χ0v) is 11.8.